The molecule has 3 rings (SSSR count). The molecular formula is C17H15NO2. The first-order valence-electron chi connectivity index (χ1n) is 6.64. The average molecular weight is 265 g/mol. The SMILES string of the molecule is CCOC(=O)c1[nH]c2ccccc2c1-c1ccccc1. The smallest absolute Gasteiger partial charge is 0.355 e. The summed E-state index contributed by atoms with van der Waals surface area (Å²) in [6, 6.07) is 17.8. The Morgan fingerprint density at radius 2 is 1.75 bits per heavy atom. The molecule has 0 radical (unpaired) electrons. The number of benzene rings is 2. The van der Waals surface area contributed by atoms with Crippen molar-refractivity contribution in [3.63, 3.8) is 0 Å². The average Bonchev–Trinajstić information content (AvgIpc) is 2.88. The first-order valence-corrected chi connectivity index (χ1v) is 6.64. The van der Waals surface area contributed by atoms with Gasteiger partial charge in [-0.15, -0.1) is 0 Å². The number of aromatic amines is 1. The second kappa shape index (κ2) is 5.21. The lowest BCUT2D eigenvalue weighted by atomic mass is 10.0. The van der Waals surface area contributed by atoms with Crippen molar-refractivity contribution in [2.24, 2.45) is 0 Å². The zero-order chi connectivity index (χ0) is 13.9. The Balaban J connectivity index is 2.26. The van der Waals surface area contributed by atoms with Crippen molar-refractivity contribution in [1.82, 2.24) is 4.98 Å². The van der Waals surface area contributed by atoms with E-state index in [1.807, 2.05) is 61.5 Å². The van der Waals surface area contributed by atoms with E-state index < -0.39 is 0 Å². The molecule has 20 heavy (non-hydrogen) atoms. The van der Waals surface area contributed by atoms with Crippen LogP contribution in [0.3, 0.4) is 0 Å². The molecule has 0 atom stereocenters. The summed E-state index contributed by atoms with van der Waals surface area (Å²) in [6.45, 7) is 2.17. The number of H-pyrrole nitrogens is 1. The van der Waals surface area contributed by atoms with Crippen LogP contribution in [0.4, 0.5) is 0 Å². The van der Waals surface area contributed by atoms with Gasteiger partial charge in [0, 0.05) is 16.5 Å². The zero-order valence-corrected chi connectivity index (χ0v) is 11.2. The van der Waals surface area contributed by atoms with E-state index in [0.717, 1.165) is 22.0 Å². The van der Waals surface area contributed by atoms with Crippen molar-refractivity contribution in [2.45, 2.75) is 6.92 Å². The summed E-state index contributed by atoms with van der Waals surface area (Å²) >= 11 is 0. The van der Waals surface area contributed by atoms with Crippen LogP contribution >= 0.6 is 0 Å². The molecule has 0 unspecified atom stereocenters. The van der Waals surface area contributed by atoms with Crippen LogP contribution < -0.4 is 0 Å². The van der Waals surface area contributed by atoms with Crippen molar-refractivity contribution in [2.75, 3.05) is 6.61 Å². The van der Waals surface area contributed by atoms with Crippen LogP contribution in [0.5, 0.6) is 0 Å². The molecule has 0 saturated carbocycles. The lowest BCUT2D eigenvalue weighted by Crippen LogP contribution is -2.06. The molecule has 0 spiro atoms. The molecule has 0 aliphatic heterocycles. The zero-order valence-electron chi connectivity index (χ0n) is 11.2. The fraction of sp³-hybridized carbons (Fsp3) is 0.118. The summed E-state index contributed by atoms with van der Waals surface area (Å²) in [5.74, 6) is -0.317. The number of fused-ring (bicyclic) bond motifs is 1. The molecule has 2 aromatic carbocycles. The van der Waals surface area contributed by atoms with E-state index in [-0.39, 0.29) is 5.97 Å². The molecule has 1 N–H and O–H groups in total. The predicted octanol–water partition coefficient (Wildman–Crippen LogP) is 4.01. The maximum Gasteiger partial charge on any atom is 0.355 e. The van der Waals surface area contributed by atoms with Gasteiger partial charge in [-0.2, -0.15) is 0 Å². The molecule has 3 heteroatoms. The molecule has 0 aliphatic carbocycles. The van der Waals surface area contributed by atoms with Gasteiger partial charge in [0.25, 0.3) is 0 Å². The molecule has 0 bridgehead atoms. The number of carbonyl (C=O) groups is 1. The van der Waals surface area contributed by atoms with Crippen molar-refractivity contribution >= 4 is 16.9 Å². The van der Waals surface area contributed by atoms with Crippen LogP contribution in [0, 0.1) is 0 Å². The molecule has 3 aromatic rings. The minimum Gasteiger partial charge on any atom is -0.461 e. The van der Waals surface area contributed by atoms with Crippen LogP contribution in [-0.4, -0.2) is 17.6 Å². The van der Waals surface area contributed by atoms with E-state index in [0.29, 0.717) is 12.3 Å². The Kier molecular flexibility index (Phi) is 3.25. The molecule has 0 saturated heterocycles. The van der Waals surface area contributed by atoms with Crippen LogP contribution in [0.25, 0.3) is 22.0 Å². The first-order chi connectivity index (χ1) is 9.81. The van der Waals surface area contributed by atoms with Crippen LogP contribution in [-0.2, 0) is 4.74 Å². The van der Waals surface area contributed by atoms with Crippen LogP contribution in [0.2, 0.25) is 0 Å². The number of para-hydroxylation sites is 1. The summed E-state index contributed by atoms with van der Waals surface area (Å²) in [7, 11) is 0. The number of ether oxygens (including phenoxy) is 1. The molecule has 3 nitrogen and oxygen atoms in total. The Bertz CT molecular complexity index is 744. The number of hydrogen-bond donors (Lipinski definition) is 1. The quantitative estimate of drug-likeness (QED) is 0.727. The largest absolute Gasteiger partial charge is 0.461 e. The first kappa shape index (κ1) is 12.5. The Morgan fingerprint density at radius 1 is 1.05 bits per heavy atom. The fourth-order valence-corrected chi connectivity index (χ4v) is 2.40. The Morgan fingerprint density at radius 3 is 2.50 bits per heavy atom. The third-order valence-electron chi connectivity index (χ3n) is 3.25. The van der Waals surface area contributed by atoms with Crippen LogP contribution in [0.1, 0.15) is 17.4 Å². The molecule has 100 valence electrons. The van der Waals surface area contributed by atoms with Gasteiger partial charge in [0.15, 0.2) is 0 Å². The van der Waals surface area contributed by atoms with E-state index in [1.165, 1.54) is 0 Å². The summed E-state index contributed by atoms with van der Waals surface area (Å²) in [4.78, 5) is 15.3. The van der Waals surface area contributed by atoms with E-state index in [2.05, 4.69) is 4.98 Å². The number of carbonyl (C=O) groups excluding carboxylic acids is 1. The van der Waals surface area contributed by atoms with Gasteiger partial charge >= 0.3 is 5.97 Å². The number of aromatic nitrogens is 1. The predicted molar refractivity (Wildman–Crippen MR) is 79.7 cm³/mol. The number of esters is 1. The van der Waals surface area contributed by atoms with Crippen molar-refractivity contribution in [3.8, 4) is 11.1 Å². The summed E-state index contributed by atoms with van der Waals surface area (Å²) in [5, 5.41) is 1.03. The maximum absolute atomic E-state index is 12.2. The second-order valence-corrected chi connectivity index (χ2v) is 4.51. The summed E-state index contributed by atoms with van der Waals surface area (Å²) in [6.07, 6.45) is 0. The van der Waals surface area contributed by atoms with E-state index in [9.17, 15) is 4.79 Å². The molecule has 1 aromatic heterocycles. The lowest BCUT2D eigenvalue weighted by Gasteiger charge is -2.04. The van der Waals surface area contributed by atoms with Gasteiger partial charge in [0.2, 0.25) is 0 Å². The van der Waals surface area contributed by atoms with Crippen molar-refractivity contribution in [1.29, 1.82) is 0 Å². The topological polar surface area (TPSA) is 42.1 Å². The molecule has 0 amide bonds. The molecule has 0 aliphatic rings. The third kappa shape index (κ3) is 2.07. The third-order valence-corrected chi connectivity index (χ3v) is 3.25. The Labute approximate surface area is 117 Å². The molecule has 0 fully saturated rings. The monoisotopic (exact) mass is 265 g/mol. The van der Waals surface area contributed by atoms with Gasteiger partial charge in [0.05, 0.1) is 6.61 Å². The van der Waals surface area contributed by atoms with Gasteiger partial charge in [-0.05, 0) is 18.6 Å². The number of hydrogen-bond acceptors (Lipinski definition) is 2. The number of rotatable bonds is 3. The minimum atomic E-state index is -0.317. The highest BCUT2D eigenvalue weighted by molar-refractivity contribution is 6.07. The van der Waals surface area contributed by atoms with Gasteiger partial charge in [0.1, 0.15) is 5.69 Å². The highest BCUT2D eigenvalue weighted by Crippen LogP contribution is 2.32. The lowest BCUT2D eigenvalue weighted by molar-refractivity contribution is 0.0521. The fourth-order valence-electron chi connectivity index (χ4n) is 2.40. The second-order valence-electron chi connectivity index (χ2n) is 4.51. The number of nitrogens with one attached hydrogen (secondary N) is 1. The van der Waals surface area contributed by atoms with E-state index in [1.54, 1.807) is 0 Å². The molecule has 1 heterocycles. The highest BCUT2D eigenvalue weighted by atomic mass is 16.5. The van der Waals surface area contributed by atoms with Gasteiger partial charge < -0.3 is 9.72 Å². The van der Waals surface area contributed by atoms with Crippen LogP contribution in [0.15, 0.2) is 54.6 Å². The minimum absolute atomic E-state index is 0.317. The molecular weight excluding hydrogens is 250 g/mol. The van der Waals surface area contributed by atoms with Gasteiger partial charge in [-0.25, -0.2) is 4.79 Å². The van der Waals surface area contributed by atoms with E-state index >= 15 is 0 Å². The van der Waals surface area contributed by atoms with Gasteiger partial charge in [-0.3, -0.25) is 0 Å². The summed E-state index contributed by atoms with van der Waals surface area (Å²) in [5.41, 5.74) is 3.36. The van der Waals surface area contributed by atoms with Crippen molar-refractivity contribution < 1.29 is 9.53 Å². The van der Waals surface area contributed by atoms with Crippen molar-refractivity contribution in [3.05, 3.63) is 60.3 Å². The van der Waals surface area contributed by atoms with Gasteiger partial charge in [-0.1, -0.05) is 48.5 Å². The standard InChI is InChI=1S/C17H15NO2/c1-2-20-17(19)16-15(12-8-4-3-5-9-12)13-10-6-7-11-14(13)18-16/h3-11,18H,2H2,1H3. The summed E-state index contributed by atoms with van der Waals surface area (Å²) < 4.78 is 5.15. The normalized spacial score (nSPS) is 10.7. The highest BCUT2D eigenvalue weighted by Gasteiger charge is 2.19. The Hall–Kier alpha value is -2.55. The van der Waals surface area contributed by atoms with E-state index in [4.69, 9.17) is 4.74 Å². The maximum atomic E-state index is 12.2.